The number of hydrogen-bond donors (Lipinski definition) is 3. The molecule has 0 unspecified atom stereocenters. The van der Waals surface area contributed by atoms with Crippen LogP contribution in [0.1, 0.15) is 24.8 Å². The summed E-state index contributed by atoms with van der Waals surface area (Å²) in [6.07, 6.45) is 2.14. The fourth-order valence-corrected chi connectivity index (χ4v) is 3.99. The fraction of sp³-hybridized carbons (Fsp3) is 0.286. The van der Waals surface area contributed by atoms with Crippen molar-refractivity contribution in [2.75, 3.05) is 10.6 Å². The number of H-pyrrole nitrogens is 1. The maximum atomic E-state index is 12.9. The molecule has 4 aromatic rings. The highest BCUT2D eigenvalue weighted by atomic mass is 19.4. The Labute approximate surface area is 189 Å². The third-order valence-corrected chi connectivity index (χ3v) is 5.63. The minimum atomic E-state index is -4.44. The van der Waals surface area contributed by atoms with E-state index in [-0.39, 0.29) is 23.7 Å². The van der Waals surface area contributed by atoms with Gasteiger partial charge in [-0.05, 0) is 43.5 Å². The molecular weight excluding hydrogens is 453 g/mol. The zero-order chi connectivity index (χ0) is 23.9. The van der Waals surface area contributed by atoms with Gasteiger partial charge in [0.25, 0.3) is 5.56 Å². The highest BCUT2D eigenvalue weighted by Crippen LogP contribution is 2.30. The number of nitrogens with one attached hydrogen (secondary N) is 3. The van der Waals surface area contributed by atoms with E-state index in [1.54, 1.807) is 12.1 Å². The quantitative estimate of drug-likeness (QED) is 0.408. The van der Waals surface area contributed by atoms with E-state index in [0.29, 0.717) is 11.5 Å². The highest BCUT2D eigenvalue weighted by Gasteiger charge is 2.31. The van der Waals surface area contributed by atoms with E-state index in [2.05, 4.69) is 30.7 Å². The smallest absolute Gasteiger partial charge is 0.367 e. The van der Waals surface area contributed by atoms with E-state index in [4.69, 9.17) is 0 Å². The number of fused-ring (bicyclic) bond motifs is 1. The fourth-order valence-electron chi connectivity index (χ4n) is 3.99. The molecule has 0 radical (unpaired) electrons. The average Bonchev–Trinajstić information content (AvgIpc) is 3.39. The molecule has 0 aromatic carbocycles. The molecule has 4 aromatic heterocycles. The number of alkyl halides is 3. The Morgan fingerprint density at radius 3 is 2.53 bits per heavy atom. The van der Waals surface area contributed by atoms with E-state index in [9.17, 15) is 22.8 Å². The molecule has 34 heavy (non-hydrogen) atoms. The molecule has 1 aliphatic rings. The Hall–Kier alpha value is -4.16. The molecule has 1 aliphatic carbocycles. The lowest BCUT2D eigenvalue weighted by Crippen LogP contribution is -2.27. The van der Waals surface area contributed by atoms with Crippen LogP contribution < -0.4 is 21.9 Å². The molecule has 1 saturated carbocycles. The summed E-state index contributed by atoms with van der Waals surface area (Å²) in [4.78, 5) is 33.8. The van der Waals surface area contributed by atoms with Crippen molar-refractivity contribution in [1.29, 1.82) is 0 Å². The van der Waals surface area contributed by atoms with Crippen molar-refractivity contribution in [2.45, 2.75) is 37.5 Å². The first-order valence-corrected chi connectivity index (χ1v) is 10.5. The Balaban J connectivity index is 1.21. The van der Waals surface area contributed by atoms with Crippen LogP contribution in [-0.4, -0.2) is 41.2 Å². The zero-order valence-corrected chi connectivity index (χ0v) is 17.6. The largest absolute Gasteiger partial charge is 0.416 e. The molecule has 0 bridgehead atoms. The predicted octanol–water partition coefficient (Wildman–Crippen LogP) is 2.43. The highest BCUT2D eigenvalue weighted by molar-refractivity contribution is 5.47. The number of anilines is 2. The second kappa shape index (κ2) is 8.32. The van der Waals surface area contributed by atoms with Gasteiger partial charge in [0, 0.05) is 30.5 Å². The van der Waals surface area contributed by atoms with Gasteiger partial charge >= 0.3 is 11.9 Å². The molecule has 1 fully saturated rings. The predicted molar refractivity (Wildman–Crippen MR) is 117 cm³/mol. The van der Waals surface area contributed by atoms with E-state index < -0.39 is 23.0 Å². The molecule has 0 aliphatic heterocycles. The Kier molecular flexibility index (Phi) is 5.30. The van der Waals surface area contributed by atoms with Crippen molar-refractivity contribution in [2.24, 2.45) is 0 Å². The number of pyridine rings is 2. The molecule has 0 spiro atoms. The van der Waals surface area contributed by atoms with Gasteiger partial charge in [-0.1, -0.05) is 0 Å². The van der Waals surface area contributed by atoms with Crippen LogP contribution in [-0.2, 0) is 6.18 Å². The second-order valence-corrected chi connectivity index (χ2v) is 8.03. The second-order valence-electron chi connectivity index (χ2n) is 8.03. The first-order chi connectivity index (χ1) is 16.2. The first kappa shape index (κ1) is 21.7. The third kappa shape index (κ3) is 4.49. The number of rotatable bonds is 5. The monoisotopic (exact) mass is 472 g/mol. The summed E-state index contributed by atoms with van der Waals surface area (Å²) in [7, 11) is 0. The lowest BCUT2D eigenvalue weighted by Gasteiger charge is -2.15. The van der Waals surface area contributed by atoms with Crippen molar-refractivity contribution < 1.29 is 13.2 Å². The van der Waals surface area contributed by atoms with E-state index in [0.717, 1.165) is 31.4 Å². The van der Waals surface area contributed by atoms with Crippen LogP contribution in [0.5, 0.6) is 0 Å². The number of aromatic nitrogens is 6. The van der Waals surface area contributed by atoms with Gasteiger partial charge < -0.3 is 10.6 Å². The number of aromatic amines is 1. The van der Waals surface area contributed by atoms with Crippen LogP contribution in [0.3, 0.4) is 0 Å². The topological polar surface area (TPSA) is 122 Å². The molecule has 10 nitrogen and oxygen atoms in total. The summed E-state index contributed by atoms with van der Waals surface area (Å²) >= 11 is 0. The van der Waals surface area contributed by atoms with Gasteiger partial charge in [0.1, 0.15) is 5.82 Å². The summed E-state index contributed by atoms with van der Waals surface area (Å²) in [6, 6.07) is 6.83. The van der Waals surface area contributed by atoms with Gasteiger partial charge in [0.15, 0.2) is 5.65 Å². The number of halogens is 3. The van der Waals surface area contributed by atoms with Gasteiger partial charge in [-0.15, -0.1) is 5.10 Å². The van der Waals surface area contributed by atoms with Crippen molar-refractivity contribution in [3.63, 3.8) is 0 Å². The van der Waals surface area contributed by atoms with E-state index >= 15 is 0 Å². The lowest BCUT2D eigenvalue weighted by atomic mass is 10.2. The minimum Gasteiger partial charge on any atom is -0.367 e. The minimum absolute atomic E-state index is 0.0518. The zero-order valence-electron chi connectivity index (χ0n) is 17.6. The summed E-state index contributed by atoms with van der Waals surface area (Å²) in [5, 5.41) is 10.7. The maximum Gasteiger partial charge on any atom is 0.416 e. The molecule has 176 valence electrons. The molecular formula is C21H19F3N8O2. The molecule has 13 heteroatoms. The molecule has 0 amide bonds. The molecule has 0 saturated heterocycles. The SMILES string of the molecule is O=c1ccn(-c2ccc(N[C@H]3CC[C@H](Nc4nc5cc(C(F)(F)F)ccn5n4)C3)nc2)c(=O)[nH]1. The molecule has 5 rings (SSSR count). The lowest BCUT2D eigenvalue weighted by molar-refractivity contribution is -0.137. The van der Waals surface area contributed by atoms with Crippen molar-refractivity contribution in [3.05, 3.63) is 75.3 Å². The van der Waals surface area contributed by atoms with Crippen molar-refractivity contribution in [1.82, 2.24) is 29.1 Å². The number of hydrogen-bond acceptors (Lipinski definition) is 7. The van der Waals surface area contributed by atoms with Crippen LogP contribution >= 0.6 is 0 Å². The molecule has 3 N–H and O–H groups in total. The van der Waals surface area contributed by atoms with Crippen molar-refractivity contribution in [3.8, 4) is 5.69 Å². The van der Waals surface area contributed by atoms with Gasteiger partial charge in [-0.25, -0.2) is 14.3 Å². The Morgan fingerprint density at radius 1 is 1.03 bits per heavy atom. The van der Waals surface area contributed by atoms with Crippen LogP contribution in [0.4, 0.5) is 24.9 Å². The van der Waals surface area contributed by atoms with Crippen LogP contribution in [0.25, 0.3) is 11.3 Å². The Bertz CT molecular complexity index is 1440. The summed E-state index contributed by atoms with van der Waals surface area (Å²) in [5.74, 6) is 0.913. The standard InChI is InChI=1S/C21H19F3N8O2/c22-21(23,24)12-5-8-32-17(9-12)28-19(30-32)27-14-2-1-13(10-14)26-16-4-3-15(11-25-16)31-7-6-18(33)29-20(31)34/h3-9,11,13-14H,1-2,10H2,(H,25,26)(H,27,30)(H,29,33,34)/t13-,14-/m0/s1. The molecule has 4 heterocycles. The summed E-state index contributed by atoms with van der Waals surface area (Å²) < 4.78 is 41.3. The normalized spacial score (nSPS) is 18.3. The van der Waals surface area contributed by atoms with Gasteiger partial charge in [-0.2, -0.15) is 18.2 Å². The van der Waals surface area contributed by atoms with Gasteiger partial charge in [-0.3, -0.25) is 14.3 Å². The van der Waals surface area contributed by atoms with Gasteiger partial charge in [0.2, 0.25) is 5.95 Å². The van der Waals surface area contributed by atoms with E-state index in [1.807, 2.05) is 0 Å². The summed E-state index contributed by atoms with van der Waals surface area (Å²) in [5.41, 5.74) is -1.15. The van der Waals surface area contributed by atoms with Crippen LogP contribution in [0.2, 0.25) is 0 Å². The van der Waals surface area contributed by atoms with Crippen LogP contribution in [0.15, 0.2) is 58.5 Å². The Morgan fingerprint density at radius 2 is 1.82 bits per heavy atom. The van der Waals surface area contributed by atoms with Crippen molar-refractivity contribution >= 4 is 17.4 Å². The summed E-state index contributed by atoms with van der Waals surface area (Å²) in [6.45, 7) is 0. The first-order valence-electron chi connectivity index (χ1n) is 10.5. The third-order valence-electron chi connectivity index (χ3n) is 5.63. The van der Waals surface area contributed by atoms with Crippen LogP contribution in [0, 0.1) is 0 Å². The molecule has 2 atom stereocenters. The van der Waals surface area contributed by atoms with E-state index in [1.165, 1.54) is 33.7 Å². The number of nitrogens with zero attached hydrogens (tertiary/aromatic N) is 5. The van der Waals surface area contributed by atoms with Gasteiger partial charge in [0.05, 0.1) is 17.4 Å². The maximum absolute atomic E-state index is 12.9. The average molecular weight is 472 g/mol.